The fourth-order valence-corrected chi connectivity index (χ4v) is 4.08. The summed E-state index contributed by atoms with van der Waals surface area (Å²) in [6.45, 7) is 6.11. The zero-order valence-corrected chi connectivity index (χ0v) is 16.2. The Labute approximate surface area is 146 Å². The number of halogens is 1. The van der Waals surface area contributed by atoms with Crippen molar-refractivity contribution in [3.63, 3.8) is 0 Å². The molecule has 1 unspecified atom stereocenters. The van der Waals surface area contributed by atoms with E-state index in [1.165, 1.54) is 23.5 Å². The maximum Gasteiger partial charge on any atom is 0.191 e. The maximum absolute atomic E-state index is 4.34. The van der Waals surface area contributed by atoms with Crippen LogP contribution < -0.4 is 10.6 Å². The van der Waals surface area contributed by atoms with Gasteiger partial charge in [-0.05, 0) is 32.4 Å². The lowest BCUT2D eigenvalue weighted by molar-refractivity contribution is 0.584. The molecule has 0 saturated carbocycles. The number of guanidine groups is 1. The highest BCUT2D eigenvalue weighted by Gasteiger charge is 2.29. The molecule has 2 heterocycles. The quantitative estimate of drug-likeness (QED) is 0.442. The van der Waals surface area contributed by atoms with Crippen molar-refractivity contribution in [3.8, 4) is 0 Å². The van der Waals surface area contributed by atoms with Crippen molar-refractivity contribution in [2.24, 2.45) is 4.99 Å². The number of rotatable bonds is 4. The lowest BCUT2D eigenvalue weighted by atomic mass is 10.1. The van der Waals surface area contributed by atoms with Gasteiger partial charge in [-0.25, -0.2) is 4.98 Å². The van der Waals surface area contributed by atoms with Crippen LogP contribution in [0.1, 0.15) is 29.7 Å². The van der Waals surface area contributed by atoms with Gasteiger partial charge in [0, 0.05) is 29.4 Å². The second-order valence-electron chi connectivity index (χ2n) is 5.05. The van der Waals surface area contributed by atoms with E-state index in [4.69, 9.17) is 0 Å². The number of aryl methyl sites for hydroxylation is 1. The molecule has 0 amide bonds. The smallest absolute Gasteiger partial charge is 0.191 e. The molecule has 0 aromatic carbocycles. The van der Waals surface area contributed by atoms with Gasteiger partial charge in [0.2, 0.25) is 0 Å². The van der Waals surface area contributed by atoms with E-state index in [-0.39, 0.29) is 24.0 Å². The van der Waals surface area contributed by atoms with Crippen LogP contribution in [0.4, 0.5) is 0 Å². The predicted octanol–water partition coefficient (Wildman–Crippen LogP) is 3.02. The lowest BCUT2D eigenvalue weighted by Gasteiger charge is -2.24. The number of aromatic nitrogens is 1. The van der Waals surface area contributed by atoms with Crippen molar-refractivity contribution in [3.05, 3.63) is 16.1 Å². The van der Waals surface area contributed by atoms with E-state index in [1.54, 1.807) is 11.3 Å². The van der Waals surface area contributed by atoms with Gasteiger partial charge < -0.3 is 10.6 Å². The molecule has 1 atom stereocenters. The predicted molar refractivity (Wildman–Crippen MR) is 101 cm³/mol. The molecule has 1 aromatic heterocycles. The third-order valence-electron chi connectivity index (χ3n) is 3.23. The van der Waals surface area contributed by atoms with E-state index < -0.39 is 0 Å². The first-order valence-electron chi connectivity index (χ1n) is 6.61. The Balaban J connectivity index is 0.00000200. The average Bonchev–Trinajstić information content (AvgIpc) is 2.99. The van der Waals surface area contributed by atoms with Crippen LogP contribution >= 0.6 is 47.1 Å². The van der Waals surface area contributed by atoms with Crippen LogP contribution in [0.3, 0.4) is 0 Å². The fraction of sp³-hybridized carbons (Fsp3) is 0.692. The van der Waals surface area contributed by atoms with Crippen molar-refractivity contribution in [1.29, 1.82) is 0 Å². The Morgan fingerprint density at radius 1 is 1.50 bits per heavy atom. The van der Waals surface area contributed by atoms with Crippen LogP contribution in [-0.4, -0.2) is 35.0 Å². The Morgan fingerprint density at radius 3 is 2.85 bits per heavy atom. The summed E-state index contributed by atoms with van der Waals surface area (Å²) >= 11 is 3.78. The first-order chi connectivity index (χ1) is 9.11. The van der Waals surface area contributed by atoms with E-state index in [0.717, 1.165) is 24.1 Å². The van der Waals surface area contributed by atoms with Gasteiger partial charge in [-0.3, -0.25) is 4.99 Å². The highest BCUT2D eigenvalue weighted by atomic mass is 127. The van der Waals surface area contributed by atoms with Gasteiger partial charge in [0.05, 0.1) is 6.54 Å². The molecule has 1 aliphatic heterocycles. The van der Waals surface area contributed by atoms with Gasteiger partial charge >= 0.3 is 0 Å². The molecule has 1 fully saturated rings. The first kappa shape index (κ1) is 18.0. The van der Waals surface area contributed by atoms with E-state index in [1.807, 2.05) is 13.2 Å². The minimum atomic E-state index is 0. The number of nitrogens with one attached hydrogen (secondary N) is 2. The summed E-state index contributed by atoms with van der Waals surface area (Å²) in [4.78, 5) is 9.85. The zero-order chi connectivity index (χ0) is 13.7. The van der Waals surface area contributed by atoms with Gasteiger partial charge in [0.1, 0.15) is 5.01 Å². The molecule has 0 bridgehead atoms. The first-order valence-corrected chi connectivity index (χ1v) is 8.41. The molecule has 1 aliphatic rings. The van der Waals surface area contributed by atoms with Gasteiger partial charge in [-0.1, -0.05) is 0 Å². The molecule has 4 nitrogen and oxygen atoms in total. The minimum absolute atomic E-state index is 0. The summed E-state index contributed by atoms with van der Waals surface area (Å²) in [6.07, 6.45) is 4.52. The highest BCUT2D eigenvalue weighted by molar-refractivity contribution is 14.0. The molecule has 0 aliphatic carbocycles. The van der Waals surface area contributed by atoms with Gasteiger partial charge in [0.25, 0.3) is 0 Å². The Kier molecular flexibility index (Phi) is 7.60. The van der Waals surface area contributed by atoms with Crippen LogP contribution in [0.2, 0.25) is 0 Å². The summed E-state index contributed by atoms with van der Waals surface area (Å²) in [7, 11) is 1.81. The summed E-state index contributed by atoms with van der Waals surface area (Å²) in [5.41, 5.74) is 0. The monoisotopic (exact) mass is 426 g/mol. The zero-order valence-electron chi connectivity index (χ0n) is 12.2. The summed E-state index contributed by atoms with van der Waals surface area (Å²) < 4.78 is 0.357. The number of nitrogens with zero attached hydrogens (tertiary/aromatic N) is 2. The van der Waals surface area contributed by atoms with Crippen molar-refractivity contribution in [1.82, 2.24) is 15.6 Å². The van der Waals surface area contributed by atoms with Crippen LogP contribution in [0, 0.1) is 6.92 Å². The average molecular weight is 426 g/mol. The summed E-state index contributed by atoms with van der Waals surface area (Å²) in [6, 6.07) is 0. The van der Waals surface area contributed by atoms with Crippen molar-refractivity contribution in [2.45, 2.75) is 38.0 Å². The van der Waals surface area contributed by atoms with Gasteiger partial charge in [-0.2, -0.15) is 11.8 Å². The van der Waals surface area contributed by atoms with Crippen molar-refractivity contribution < 1.29 is 0 Å². The van der Waals surface area contributed by atoms with Crippen LogP contribution in [0.5, 0.6) is 0 Å². The van der Waals surface area contributed by atoms with Crippen LogP contribution in [0.25, 0.3) is 0 Å². The van der Waals surface area contributed by atoms with E-state index >= 15 is 0 Å². The number of hydrogen-bond acceptors (Lipinski definition) is 4. The number of thiazole rings is 1. The molecule has 7 heteroatoms. The third-order valence-corrected chi connectivity index (χ3v) is 5.68. The molecule has 1 saturated heterocycles. The molecule has 1 aromatic rings. The van der Waals surface area contributed by atoms with Gasteiger partial charge in [-0.15, -0.1) is 35.3 Å². The van der Waals surface area contributed by atoms with E-state index in [2.05, 4.69) is 46.2 Å². The second kappa shape index (κ2) is 8.43. The molecule has 20 heavy (non-hydrogen) atoms. The van der Waals surface area contributed by atoms with E-state index in [9.17, 15) is 0 Å². The second-order valence-corrected chi connectivity index (χ2v) is 8.05. The molecular weight excluding hydrogens is 403 g/mol. The summed E-state index contributed by atoms with van der Waals surface area (Å²) in [5.74, 6) is 2.14. The summed E-state index contributed by atoms with van der Waals surface area (Å²) in [5, 5.41) is 7.84. The molecule has 114 valence electrons. The third kappa shape index (κ3) is 5.40. The number of hydrogen-bond donors (Lipinski definition) is 2. The van der Waals surface area contributed by atoms with Crippen molar-refractivity contribution in [2.75, 3.05) is 19.3 Å². The highest BCUT2D eigenvalue weighted by Crippen LogP contribution is 2.36. The molecule has 2 rings (SSSR count). The molecule has 0 radical (unpaired) electrons. The molecular formula is C13H23IN4S2. The normalized spacial score (nSPS) is 22.4. The maximum atomic E-state index is 4.34. The van der Waals surface area contributed by atoms with Crippen molar-refractivity contribution >= 4 is 53.0 Å². The molecule has 2 N–H and O–H groups in total. The molecule has 0 spiro atoms. The SMILES string of the molecule is CN=C(NCc1ncc(C)s1)NCC1(C)CCCS1.I. The Morgan fingerprint density at radius 2 is 2.30 bits per heavy atom. The lowest BCUT2D eigenvalue weighted by Crippen LogP contribution is -2.43. The van der Waals surface area contributed by atoms with Gasteiger partial charge in [0.15, 0.2) is 5.96 Å². The van der Waals surface area contributed by atoms with Crippen LogP contribution in [0.15, 0.2) is 11.2 Å². The Bertz CT molecular complexity index is 441. The minimum Gasteiger partial charge on any atom is -0.355 e. The fourth-order valence-electron chi connectivity index (χ4n) is 2.11. The largest absolute Gasteiger partial charge is 0.355 e. The Hall–Kier alpha value is -0.0200. The number of thioether (sulfide) groups is 1. The number of aliphatic imine (C=N–C) groups is 1. The topological polar surface area (TPSA) is 49.3 Å². The van der Waals surface area contributed by atoms with Crippen LogP contribution in [-0.2, 0) is 6.54 Å². The van der Waals surface area contributed by atoms with E-state index in [0.29, 0.717) is 4.75 Å². The standard InChI is InChI=1S/C13H22N4S2.HI/c1-10-7-15-11(19-10)8-16-12(14-3)17-9-13(2)5-4-6-18-13;/h7H,4-6,8-9H2,1-3H3,(H2,14,16,17);1H.